The van der Waals surface area contributed by atoms with Gasteiger partial charge in [0.1, 0.15) is 16.7 Å². The van der Waals surface area contributed by atoms with Crippen molar-refractivity contribution in [3.63, 3.8) is 0 Å². The number of para-hydroxylation sites is 2. The highest BCUT2D eigenvalue weighted by Crippen LogP contribution is 2.42. The molecule has 3 aromatic carbocycles. The fourth-order valence-electron chi connectivity index (χ4n) is 3.64. The number of benzene rings is 3. The maximum atomic E-state index is 13.5. The molecule has 33 heavy (non-hydrogen) atoms. The zero-order valence-corrected chi connectivity index (χ0v) is 19.0. The summed E-state index contributed by atoms with van der Waals surface area (Å²) >= 11 is 1.27. The van der Waals surface area contributed by atoms with E-state index in [1.165, 1.54) is 22.2 Å². The number of hydrogen-bond acceptors (Lipinski definition) is 4. The Morgan fingerprint density at radius 1 is 0.970 bits per heavy atom. The van der Waals surface area contributed by atoms with Gasteiger partial charge in [-0.3, -0.25) is 14.5 Å². The molecule has 0 bridgehead atoms. The molecule has 5 nitrogen and oxygen atoms in total. The quantitative estimate of drug-likeness (QED) is 0.405. The average molecular weight is 454 g/mol. The van der Waals surface area contributed by atoms with Crippen LogP contribution in [0.25, 0.3) is 0 Å². The minimum absolute atomic E-state index is 0.0788. The summed E-state index contributed by atoms with van der Waals surface area (Å²) in [5.41, 5.74) is 3.42. The first-order valence-corrected chi connectivity index (χ1v) is 11.6. The lowest BCUT2D eigenvalue weighted by molar-refractivity contribution is -0.117. The van der Waals surface area contributed by atoms with Crippen molar-refractivity contribution in [2.45, 2.75) is 25.0 Å². The van der Waals surface area contributed by atoms with E-state index >= 15 is 0 Å². The second-order valence-corrected chi connectivity index (χ2v) is 8.79. The molecule has 6 heteroatoms. The van der Waals surface area contributed by atoms with Gasteiger partial charge in [0.15, 0.2) is 0 Å². The van der Waals surface area contributed by atoms with Crippen LogP contribution in [0.2, 0.25) is 0 Å². The molecule has 164 valence electrons. The van der Waals surface area contributed by atoms with Crippen LogP contribution < -0.4 is 10.2 Å². The van der Waals surface area contributed by atoms with E-state index in [1.54, 1.807) is 36.4 Å². The number of anilines is 2. The Bertz CT molecular complexity index is 1220. The number of aryl methyl sites for hydroxylation is 1. The van der Waals surface area contributed by atoms with Crippen molar-refractivity contribution in [3.8, 4) is 6.07 Å². The smallest absolute Gasteiger partial charge is 0.269 e. The third-order valence-electron chi connectivity index (χ3n) is 5.40. The summed E-state index contributed by atoms with van der Waals surface area (Å²) in [6.45, 7) is 2.10. The number of thioether (sulfide) groups is 1. The van der Waals surface area contributed by atoms with Gasteiger partial charge in [0, 0.05) is 11.4 Å². The Kier molecular flexibility index (Phi) is 6.92. The third kappa shape index (κ3) is 5.00. The molecule has 1 saturated heterocycles. The van der Waals surface area contributed by atoms with Crippen LogP contribution in [0.15, 0.2) is 95.5 Å². The lowest BCUT2D eigenvalue weighted by Gasteiger charge is -2.18. The van der Waals surface area contributed by atoms with Crippen molar-refractivity contribution in [3.05, 3.63) is 107 Å². The van der Waals surface area contributed by atoms with Crippen LogP contribution in [-0.2, 0) is 22.4 Å². The monoisotopic (exact) mass is 453 g/mol. The minimum atomic E-state index is -0.534. The van der Waals surface area contributed by atoms with Crippen LogP contribution in [-0.4, -0.2) is 17.1 Å². The summed E-state index contributed by atoms with van der Waals surface area (Å²) in [4.78, 5) is 28.0. The topological polar surface area (TPSA) is 73.2 Å². The van der Waals surface area contributed by atoms with Crippen molar-refractivity contribution in [2.75, 3.05) is 10.2 Å². The molecule has 0 unspecified atom stereocenters. The molecule has 4 rings (SSSR count). The van der Waals surface area contributed by atoms with Crippen LogP contribution in [0.1, 0.15) is 18.1 Å². The Labute approximate surface area is 197 Å². The number of rotatable bonds is 6. The summed E-state index contributed by atoms with van der Waals surface area (Å²) < 4.78 is 0. The number of carbonyl (C=O) groups excluding carboxylic acids is 2. The predicted octanol–water partition coefficient (Wildman–Crippen LogP) is 5.31. The Morgan fingerprint density at radius 3 is 2.18 bits per heavy atom. The molecule has 2 amide bonds. The highest BCUT2D eigenvalue weighted by Gasteiger charge is 2.40. The Balaban J connectivity index is 1.69. The first kappa shape index (κ1) is 22.4. The van der Waals surface area contributed by atoms with Gasteiger partial charge in [0.05, 0.1) is 5.25 Å². The van der Waals surface area contributed by atoms with Gasteiger partial charge >= 0.3 is 0 Å². The molecule has 1 heterocycles. The van der Waals surface area contributed by atoms with E-state index in [-0.39, 0.29) is 11.5 Å². The summed E-state index contributed by atoms with van der Waals surface area (Å²) in [6.07, 6.45) is 1.47. The molecule has 1 atom stereocenters. The minimum Gasteiger partial charge on any atom is -0.321 e. The van der Waals surface area contributed by atoms with E-state index in [2.05, 4.69) is 24.4 Å². The SMILES string of the molecule is CCc1ccc(C[C@@H]2S/C(=C(/C#N)C(=O)Nc3ccccc3)N(c3ccccc3)C2=O)cc1. The molecule has 1 aliphatic heterocycles. The molecule has 1 fully saturated rings. The molecular formula is C27H23N3O2S. The van der Waals surface area contributed by atoms with E-state index in [1.807, 2.05) is 42.5 Å². The second-order valence-electron chi connectivity index (χ2n) is 7.60. The molecule has 1 aliphatic rings. The molecule has 0 radical (unpaired) electrons. The number of amides is 2. The van der Waals surface area contributed by atoms with E-state index in [4.69, 9.17) is 0 Å². The molecule has 0 spiro atoms. The number of carbonyl (C=O) groups is 2. The van der Waals surface area contributed by atoms with E-state index < -0.39 is 11.2 Å². The van der Waals surface area contributed by atoms with Gasteiger partial charge in [-0.25, -0.2) is 0 Å². The van der Waals surface area contributed by atoms with Gasteiger partial charge in [-0.15, -0.1) is 0 Å². The summed E-state index contributed by atoms with van der Waals surface area (Å²) in [5.74, 6) is -0.672. The van der Waals surface area contributed by atoms with Crippen LogP contribution in [0.4, 0.5) is 11.4 Å². The molecule has 1 N–H and O–H groups in total. The van der Waals surface area contributed by atoms with Crippen LogP contribution in [0.5, 0.6) is 0 Å². The molecule has 0 aromatic heterocycles. The van der Waals surface area contributed by atoms with Crippen molar-refractivity contribution < 1.29 is 9.59 Å². The van der Waals surface area contributed by atoms with E-state index in [0.717, 1.165) is 12.0 Å². The lowest BCUT2D eigenvalue weighted by Crippen LogP contribution is -2.30. The summed E-state index contributed by atoms with van der Waals surface area (Å²) in [6, 6.07) is 28.3. The van der Waals surface area contributed by atoms with Gasteiger partial charge in [0.25, 0.3) is 5.91 Å². The maximum absolute atomic E-state index is 13.5. The van der Waals surface area contributed by atoms with Gasteiger partial charge in [0.2, 0.25) is 5.91 Å². The van der Waals surface area contributed by atoms with Crippen molar-refractivity contribution in [1.82, 2.24) is 0 Å². The summed E-state index contributed by atoms with van der Waals surface area (Å²) in [5, 5.41) is 12.6. The molecular weight excluding hydrogens is 430 g/mol. The molecule has 3 aromatic rings. The zero-order valence-electron chi connectivity index (χ0n) is 18.2. The normalized spacial score (nSPS) is 16.9. The molecule has 0 saturated carbocycles. The molecule has 0 aliphatic carbocycles. The number of nitriles is 1. The highest BCUT2D eigenvalue weighted by atomic mass is 32.2. The first-order chi connectivity index (χ1) is 16.1. The average Bonchev–Trinajstić information content (AvgIpc) is 3.16. The van der Waals surface area contributed by atoms with Crippen LogP contribution in [0.3, 0.4) is 0 Å². The van der Waals surface area contributed by atoms with Gasteiger partial charge in [-0.1, -0.05) is 79.3 Å². The second kappa shape index (κ2) is 10.2. The number of nitrogens with one attached hydrogen (secondary N) is 1. The zero-order chi connectivity index (χ0) is 23.2. The van der Waals surface area contributed by atoms with E-state index in [0.29, 0.717) is 22.8 Å². The van der Waals surface area contributed by atoms with Crippen molar-refractivity contribution in [2.24, 2.45) is 0 Å². The fraction of sp³-hybridized carbons (Fsp3) is 0.148. The maximum Gasteiger partial charge on any atom is 0.269 e. The standard InChI is InChI=1S/C27H23N3O2S/c1-2-19-13-15-20(16-14-19)17-24-26(32)30(22-11-7-4-8-12-22)27(33-24)23(18-28)25(31)29-21-9-5-3-6-10-21/h3-16,24H,2,17H2,1H3,(H,29,31)/b27-23-/t24-/m0/s1. The van der Waals surface area contributed by atoms with Gasteiger partial charge < -0.3 is 5.32 Å². The lowest BCUT2D eigenvalue weighted by atomic mass is 10.1. The van der Waals surface area contributed by atoms with Crippen molar-refractivity contribution >= 4 is 35.0 Å². The van der Waals surface area contributed by atoms with Gasteiger partial charge in [-0.05, 0) is 48.2 Å². The number of nitrogens with zero attached hydrogens (tertiary/aromatic N) is 2. The first-order valence-electron chi connectivity index (χ1n) is 10.7. The van der Waals surface area contributed by atoms with Crippen molar-refractivity contribution in [1.29, 1.82) is 5.26 Å². The van der Waals surface area contributed by atoms with Crippen LogP contribution in [0, 0.1) is 11.3 Å². The summed E-state index contributed by atoms with van der Waals surface area (Å²) in [7, 11) is 0. The predicted molar refractivity (Wildman–Crippen MR) is 133 cm³/mol. The Morgan fingerprint density at radius 2 is 1.58 bits per heavy atom. The third-order valence-corrected chi connectivity index (χ3v) is 6.67. The largest absolute Gasteiger partial charge is 0.321 e. The Hall–Kier alpha value is -3.82. The number of hydrogen-bond donors (Lipinski definition) is 1. The van der Waals surface area contributed by atoms with Gasteiger partial charge in [-0.2, -0.15) is 5.26 Å². The fourth-order valence-corrected chi connectivity index (χ4v) is 4.95. The van der Waals surface area contributed by atoms with Crippen LogP contribution >= 0.6 is 11.8 Å². The van der Waals surface area contributed by atoms with E-state index in [9.17, 15) is 14.9 Å². The highest BCUT2D eigenvalue weighted by molar-refractivity contribution is 8.05.